The molecule has 0 saturated heterocycles. The van der Waals surface area contributed by atoms with Crippen LogP contribution in [0.4, 0.5) is 0 Å². The van der Waals surface area contributed by atoms with E-state index >= 15 is 0 Å². The Hall–Kier alpha value is -1.14. The Morgan fingerprint density at radius 1 is 1.00 bits per heavy atom. The highest BCUT2D eigenvalue weighted by Gasteiger charge is 2.04. The Morgan fingerprint density at radius 3 is 2.32 bits per heavy atom. The van der Waals surface area contributed by atoms with Crippen molar-refractivity contribution in [3.63, 3.8) is 0 Å². The summed E-state index contributed by atoms with van der Waals surface area (Å²) in [4.78, 5) is 15.8. The van der Waals surface area contributed by atoms with Gasteiger partial charge in [0.15, 0.2) is 0 Å². The Bertz CT molecular complexity index is 615. The van der Waals surface area contributed by atoms with Crippen molar-refractivity contribution < 1.29 is 4.84 Å². The number of benzene rings is 1. The van der Waals surface area contributed by atoms with Crippen LogP contribution in [0.3, 0.4) is 0 Å². The third-order valence-electron chi connectivity index (χ3n) is 1.85. The largest absolute Gasteiger partial charge is 0.351 e. The van der Waals surface area contributed by atoms with Gasteiger partial charge in [0.1, 0.15) is 0 Å². The molecule has 9 heteroatoms. The molecule has 0 fully saturated rings. The van der Waals surface area contributed by atoms with Crippen LogP contribution in [0, 0.1) is 0 Å². The van der Waals surface area contributed by atoms with Crippen molar-refractivity contribution in [3.8, 4) is 6.01 Å². The van der Waals surface area contributed by atoms with Crippen molar-refractivity contribution in [1.82, 2.24) is 15.0 Å². The molecule has 0 N–H and O–H groups in total. The van der Waals surface area contributed by atoms with E-state index in [0.717, 1.165) is 0 Å². The van der Waals surface area contributed by atoms with Crippen LogP contribution in [0.5, 0.6) is 6.01 Å². The van der Waals surface area contributed by atoms with E-state index in [1.807, 2.05) is 0 Å². The summed E-state index contributed by atoms with van der Waals surface area (Å²) < 4.78 is 0. The average Bonchev–Trinajstić information content (AvgIpc) is 2.30. The number of nitrogens with zero attached hydrogens (tertiary/aromatic N) is 4. The smallest absolute Gasteiger partial charge is 0.315 e. The van der Waals surface area contributed by atoms with Crippen LogP contribution in [-0.4, -0.2) is 21.2 Å². The van der Waals surface area contributed by atoms with E-state index < -0.39 is 0 Å². The SMILES string of the molecule is Clc1ccc(/C=N/Oc2nc(Cl)nc(Cl)n2)c(Cl)c1. The molecular formula is C10H4Cl4N4O. The highest BCUT2D eigenvalue weighted by atomic mass is 35.5. The van der Waals surface area contributed by atoms with Gasteiger partial charge in [0.2, 0.25) is 10.6 Å². The highest BCUT2D eigenvalue weighted by Crippen LogP contribution is 2.19. The fourth-order valence-electron chi connectivity index (χ4n) is 1.09. The summed E-state index contributed by atoms with van der Waals surface area (Å²) in [6, 6.07) is 4.82. The van der Waals surface area contributed by atoms with Crippen LogP contribution in [0.15, 0.2) is 23.4 Å². The Labute approximate surface area is 128 Å². The first-order chi connectivity index (χ1) is 9.04. The molecule has 0 bridgehead atoms. The Balaban J connectivity index is 2.11. The van der Waals surface area contributed by atoms with E-state index in [1.165, 1.54) is 6.21 Å². The second kappa shape index (κ2) is 6.34. The van der Waals surface area contributed by atoms with Crippen molar-refractivity contribution in [2.75, 3.05) is 0 Å². The summed E-state index contributed by atoms with van der Waals surface area (Å²) in [5.41, 5.74) is 0.623. The second-order valence-corrected chi connectivity index (χ2v) is 4.67. The molecule has 98 valence electrons. The summed E-state index contributed by atoms with van der Waals surface area (Å²) in [5, 5.41) is 4.45. The lowest BCUT2D eigenvalue weighted by Gasteiger charge is -1.99. The number of hydrogen-bond donors (Lipinski definition) is 0. The standard InChI is InChI=1S/C10H4Cl4N4O/c11-6-2-1-5(7(12)3-6)4-15-19-10-17-8(13)16-9(14)18-10/h1-4H/b15-4+. The molecule has 1 aromatic heterocycles. The van der Waals surface area contributed by atoms with Crippen molar-refractivity contribution in [2.45, 2.75) is 0 Å². The molecule has 0 aliphatic heterocycles. The maximum Gasteiger partial charge on any atom is 0.351 e. The Kier molecular flexibility index (Phi) is 4.76. The molecule has 2 rings (SSSR count). The lowest BCUT2D eigenvalue weighted by atomic mass is 10.2. The zero-order valence-corrected chi connectivity index (χ0v) is 12.0. The molecule has 0 atom stereocenters. The van der Waals surface area contributed by atoms with Gasteiger partial charge in [0.05, 0.1) is 11.2 Å². The van der Waals surface area contributed by atoms with E-state index in [9.17, 15) is 0 Å². The summed E-state index contributed by atoms with van der Waals surface area (Å²) >= 11 is 22.9. The van der Waals surface area contributed by atoms with Gasteiger partial charge in [-0.05, 0) is 35.3 Å². The van der Waals surface area contributed by atoms with Gasteiger partial charge in [-0.25, -0.2) is 0 Å². The van der Waals surface area contributed by atoms with Gasteiger partial charge in [-0.2, -0.15) is 15.0 Å². The number of rotatable bonds is 3. The number of halogens is 4. The minimum Gasteiger partial charge on any atom is -0.315 e. The van der Waals surface area contributed by atoms with Crippen LogP contribution in [0.1, 0.15) is 5.56 Å². The summed E-state index contributed by atoms with van der Waals surface area (Å²) in [6.45, 7) is 0. The first-order valence-corrected chi connectivity index (χ1v) is 6.28. The molecule has 0 aliphatic rings. The Morgan fingerprint density at radius 2 is 1.68 bits per heavy atom. The predicted octanol–water partition coefficient (Wildman–Crippen LogP) is 3.90. The molecule has 5 nitrogen and oxygen atoms in total. The average molecular weight is 338 g/mol. The third kappa shape index (κ3) is 4.18. The lowest BCUT2D eigenvalue weighted by Crippen LogP contribution is -1.95. The van der Waals surface area contributed by atoms with Gasteiger partial charge in [-0.1, -0.05) is 34.4 Å². The normalized spacial score (nSPS) is 10.9. The van der Waals surface area contributed by atoms with Gasteiger partial charge in [0.25, 0.3) is 0 Å². The summed E-state index contributed by atoms with van der Waals surface area (Å²) in [5.74, 6) is 0. The topological polar surface area (TPSA) is 60.3 Å². The minimum atomic E-state index is -0.119. The number of aromatic nitrogens is 3. The molecule has 0 saturated carbocycles. The van der Waals surface area contributed by atoms with E-state index in [0.29, 0.717) is 15.6 Å². The maximum absolute atomic E-state index is 5.95. The molecular weight excluding hydrogens is 334 g/mol. The van der Waals surface area contributed by atoms with Crippen molar-refractivity contribution in [1.29, 1.82) is 0 Å². The zero-order valence-electron chi connectivity index (χ0n) is 9.02. The van der Waals surface area contributed by atoms with E-state index in [4.69, 9.17) is 51.2 Å². The van der Waals surface area contributed by atoms with Crippen LogP contribution in [0.25, 0.3) is 0 Å². The van der Waals surface area contributed by atoms with Crippen molar-refractivity contribution in [3.05, 3.63) is 44.4 Å². The minimum absolute atomic E-state index is 0.0882. The molecule has 0 unspecified atom stereocenters. The molecule has 2 aromatic rings. The van der Waals surface area contributed by atoms with Crippen LogP contribution in [0.2, 0.25) is 20.6 Å². The van der Waals surface area contributed by atoms with E-state index in [-0.39, 0.29) is 16.6 Å². The van der Waals surface area contributed by atoms with Crippen LogP contribution in [-0.2, 0) is 0 Å². The van der Waals surface area contributed by atoms with Crippen molar-refractivity contribution in [2.24, 2.45) is 5.16 Å². The maximum atomic E-state index is 5.95. The fraction of sp³-hybridized carbons (Fsp3) is 0. The van der Waals surface area contributed by atoms with Gasteiger partial charge < -0.3 is 4.84 Å². The second-order valence-electron chi connectivity index (χ2n) is 3.15. The highest BCUT2D eigenvalue weighted by molar-refractivity contribution is 6.36. The van der Waals surface area contributed by atoms with Crippen LogP contribution >= 0.6 is 46.4 Å². The monoisotopic (exact) mass is 336 g/mol. The quantitative estimate of drug-likeness (QED) is 0.629. The van der Waals surface area contributed by atoms with Gasteiger partial charge in [-0.15, -0.1) is 0 Å². The molecule has 19 heavy (non-hydrogen) atoms. The molecule has 0 aliphatic carbocycles. The summed E-state index contributed by atoms with van der Waals surface area (Å²) in [6.07, 6.45) is 1.38. The summed E-state index contributed by atoms with van der Waals surface area (Å²) in [7, 11) is 0. The number of oxime groups is 1. The van der Waals surface area contributed by atoms with Gasteiger partial charge in [0, 0.05) is 10.6 Å². The van der Waals surface area contributed by atoms with Gasteiger partial charge in [-0.3, -0.25) is 0 Å². The third-order valence-corrected chi connectivity index (χ3v) is 2.75. The first kappa shape index (κ1) is 14.3. The zero-order chi connectivity index (χ0) is 13.8. The van der Waals surface area contributed by atoms with Crippen molar-refractivity contribution >= 4 is 52.6 Å². The molecule has 0 amide bonds. The molecule has 1 heterocycles. The molecule has 0 spiro atoms. The fourth-order valence-corrected chi connectivity index (χ4v) is 1.89. The number of hydrogen-bond acceptors (Lipinski definition) is 5. The predicted molar refractivity (Wildman–Crippen MR) is 74.5 cm³/mol. The molecule has 0 radical (unpaired) electrons. The van der Waals surface area contributed by atoms with E-state index in [2.05, 4.69) is 20.1 Å². The van der Waals surface area contributed by atoms with E-state index in [1.54, 1.807) is 18.2 Å². The molecule has 1 aromatic carbocycles. The lowest BCUT2D eigenvalue weighted by molar-refractivity contribution is 0.314. The van der Waals surface area contributed by atoms with Crippen LogP contribution < -0.4 is 4.84 Å². The van der Waals surface area contributed by atoms with Gasteiger partial charge >= 0.3 is 6.01 Å². The first-order valence-electron chi connectivity index (χ1n) is 4.77.